The summed E-state index contributed by atoms with van der Waals surface area (Å²) in [6.07, 6.45) is 0. The van der Waals surface area contributed by atoms with Crippen molar-refractivity contribution < 1.29 is 4.74 Å². The molecule has 1 rings (SSSR count). The number of thioether (sulfide) groups is 1. The van der Waals surface area contributed by atoms with Gasteiger partial charge in [0.2, 0.25) is 5.28 Å². The van der Waals surface area contributed by atoms with Gasteiger partial charge in [-0.25, -0.2) is 0 Å². The second kappa shape index (κ2) is 6.35. The van der Waals surface area contributed by atoms with E-state index >= 15 is 0 Å². The molecular weight excluding hydrogens is 257 g/mol. The number of halogens is 2. The van der Waals surface area contributed by atoms with Crippen LogP contribution in [0.25, 0.3) is 0 Å². The molecule has 0 aliphatic rings. The summed E-state index contributed by atoms with van der Waals surface area (Å²) in [6.45, 7) is 2.06. The largest absolute Gasteiger partial charge is 0.467 e. The van der Waals surface area contributed by atoms with Crippen molar-refractivity contribution in [2.75, 3.05) is 18.7 Å². The summed E-state index contributed by atoms with van der Waals surface area (Å²) >= 11 is 12.9. The van der Waals surface area contributed by atoms with E-state index in [0.717, 1.165) is 5.75 Å². The summed E-state index contributed by atoms with van der Waals surface area (Å²) in [5.41, 5.74) is 0. The van der Waals surface area contributed by atoms with Crippen LogP contribution in [0.4, 0.5) is 0 Å². The van der Waals surface area contributed by atoms with Crippen LogP contribution in [0.2, 0.25) is 5.28 Å². The van der Waals surface area contributed by atoms with E-state index in [4.69, 9.17) is 27.9 Å². The van der Waals surface area contributed by atoms with Gasteiger partial charge in [-0.05, 0) is 17.5 Å². The monoisotopic (exact) mass is 267 g/mol. The van der Waals surface area contributed by atoms with Gasteiger partial charge >= 0.3 is 6.01 Å². The number of methoxy groups -OCH3 is 1. The second-order valence-electron chi connectivity index (χ2n) is 2.94. The van der Waals surface area contributed by atoms with E-state index in [1.807, 2.05) is 0 Å². The van der Waals surface area contributed by atoms with Crippen molar-refractivity contribution in [3.8, 4) is 6.01 Å². The van der Waals surface area contributed by atoms with Gasteiger partial charge in [0.25, 0.3) is 0 Å². The lowest BCUT2D eigenvalue weighted by Crippen LogP contribution is -2.02. The van der Waals surface area contributed by atoms with Gasteiger partial charge in [0.15, 0.2) is 5.16 Å². The van der Waals surface area contributed by atoms with Gasteiger partial charge in [0, 0.05) is 11.6 Å². The molecular formula is C8H11Cl2N3OS. The van der Waals surface area contributed by atoms with E-state index in [2.05, 4.69) is 21.9 Å². The molecule has 0 aromatic carbocycles. The molecule has 4 nitrogen and oxygen atoms in total. The Morgan fingerprint density at radius 2 is 2.13 bits per heavy atom. The van der Waals surface area contributed by atoms with Gasteiger partial charge in [-0.15, -0.1) is 11.6 Å². The summed E-state index contributed by atoms with van der Waals surface area (Å²) < 4.78 is 4.88. The van der Waals surface area contributed by atoms with Crippen molar-refractivity contribution in [2.24, 2.45) is 5.92 Å². The zero-order valence-electron chi connectivity index (χ0n) is 8.41. The third-order valence-corrected chi connectivity index (χ3v) is 3.38. The molecule has 0 saturated heterocycles. The van der Waals surface area contributed by atoms with Gasteiger partial charge < -0.3 is 4.74 Å². The molecule has 1 heterocycles. The predicted octanol–water partition coefficient (Wildman–Crippen LogP) is 2.50. The number of ether oxygens (including phenoxy) is 1. The Morgan fingerprint density at radius 3 is 2.73 bits per heavy atom. The highest BCUT2D eigenvalue weighted by atomic mass is 35.5. The number of alkyl halides is 1. The van der Waals surface area contributed by atoms with Crippen molar-refractivity contribution in [1.29, 1.82) is 0 Å². The topological polar surface area (TPSA) is 47.9 Å². The van der Waals surface area contributed by atoms with Crippen molar-refractivity contribution in [2.45, 2.75) is 12.1 Å². The minimum Gasteiger partial charge on any atom is -0.467 e. The summed E-state index contributed by atoms with van der Waals surface area (Å²) in [7, 11) is 1.49. The normalized spacial score (nSPS) is 12.5. The summed E-state index contributed by atoms with van der Waals surface area (Å²) in [5, 5.41) is 0.701. The number of rotatable bonds is 5. The molecule has 0 spiro atoms. The third kappa shape index (κ3) is 4.40. The smallest absolute Gasteiger partial charge is 0.321 e. The quantitative estimate of drug-likeness (QED) is 0.606. The summed E-state index contributed by atoms with van der Waals surface area (Å²) in [5.74, 6) is 1.86. The van der Waals surface area contributed by atoms with Gasteiger partial charge in [0.05, 0.1) is 7.11 Å². The predicted molar refractivity (Wildman–Crippen MR) is 62.0 cm³/mol. The Kier molecular flexibility index (Phi) is 5.42. The Labute approximate surface area is 103 Å². The van der Waals surface area contributed by atoms with Crippen LogP contribution in [0.15, 0.2) is 5.16 Å². The van der Waals surface area contributed by atoms with Crippen molar-refractivity contribution in [3.05, 3.63) is 5.28 Å². The molecule has 0 amide bonds. The molecule has 0 bridgehead atoms. The van der Waals surface area contributed by atoms with E-state index in [-0.39, 0.29) is 11.3 Å². The molecule has 84 valence electrons. The van der Waals surface area contributed by atoms with Gasteiger partial charge in [-0.2, -0.15) is 15.0 Å². The lowest BCUT2D eigenvalue weighted by atomic mass is 10.3. The second-order valence-corrected chi connectivity index (χ2v) is 4.58. The minimum atomic E-state index is 0.142. The highest BCUT2D eigenvalue weighted by Crippen LogP contribution is 2.20. The fourth-order valence-corrected chi connectivity index (χ4v) is 2.02. The van der Waals surface area contributed by atoms with E-state index in [1.165, 1.54) is 18.9 Å². The zero-order valence-corrected chi connectivity index (χ0v) is 10.7. The molecule has 1 aromatic rings. The number of nitrogens with zero attached hydrogens (tertiary/aromatic N) is 3. The average Bonchev–Trinajstić information content (AvgIpc) is 2.25. The van der Waals surface area contributed by atoms with E-state index in [1.54, 1.807) is 0 Å². The van der Waals surface area contributed by atoms with Crippen molar-refractivity contribution in [1.82, 2.24) is 15.0 Å². The fourth-order valence-electron chi connectivity index (χ4n) is 0.732. The average molecular weight is 268 g/mol. The van der Waals surface area contributed by atoms with Crippen LogP contribution in [0.5, 0.6) is 6.01 Å². The molecule has 0 saturated carbocycles. The van der Waals surface area contributed by atoms with Crippen LogP contribution in [0.1, 0.15) is 6.92 Å². The van der Waals surface area contributed by atoms with Crippen molar-refractivity contribution >= 4 is 35.0 Å². The Hall–Kier alpha value is -0.260. The first-order valence-electron chi connectivity index (χ1n) is 4.30. The van der Waals surface area contributed by atoms with Crippen LogP contribution in [0.3, 0.4) is 0 Å². The van der Waals surface area contributed by atoms with E-state index in [9.17, 15) is 0 Å². The van der Waals surface area contributed by atoms with Crippen LogP contribution in [0, 0.1) is 5.92 Å². The maximum absolute atomic E-state index is 5.70. The van der Waals surface area contributed by atoms with Crippen LogP contribution < -0.4 is 4.74 Å². The van der Waals surface area contributed by atoms with E-state index < -0.39 is 0 Å². The molecule has 0 N–H and O–H groups in total. The Bertz CT molecular complexity index is 327. The molecule has 1 aromatic heterocycles. The molecule has 1 atom stereocenters. The summed E-state index contributed by atoms with van der Waals surface area (Å²) in [6, 6.07) is 0.232. The zero-order chi connectivity index (χ0) is 11.3. The van der Waals surface area contributed by atoms with Crippen LogP contribution >= 0.6 is 35.0 Å². The van der Waals surface area contributed by atoms with Gasteiger partial charge in [-0.1, -0.05) is 18.7 Å². The SMILES string of the molecule is COc1nc(Cl)nc(SCC(C)CCl)n1. The maximum atomic E-state index is 5.70. The molecule has 1 unspecified atom stereocenters. The highest BCUT2D eigenvalue weighted by Gasteiger charge is 2.07. The van der Waals surface area contributed by atoms with Crippen LogP contribution in [-0.2, 0) is 0 Å². The number of hydrogen-bond acceptors (Lipinski definition) is 5. The van der Waals surface area contributed by atoms with E-state index in [0.29, 0.717) is 17.0 Å². The molecule has 0 fully saturated rings. The molecule has 7 heteroatoms. The Morgan fingerprint density at radius 1 is 1.40 bits per heavy atom. The van der Waals surface area contributed by atoms with Crippen LogP contribution in [-0.4, -0.2) is 33.7 Å². The Balaban J connectivity index is 2.64. The molecule has 0 radical (unpaired) electrons. The highest BCUT2D eigenvalue weighted by molar-refractivity contribution is 7.99. The first kappa shape index (κ1) is 12.8. The number of hydrogen-bond donors (Lipinski definition) is 0. The standard InChI is InChI=1S/C8H11Cl2N3OS/c1-5(3-9)4-15-8-12-6(10)11-7(13-8)14-2/h5H,3-4H2,1-2H3. The molecule has 15 heavy (non-hydrogen) atoms. The lowest BCUT2D eigenvalue weighted by molar-refractivity contribution is 0.373. The molecule has 0 aliphatic carbocycles. The fraction of sp³-hybridized carbons (Fsp3) is 0.625. The molecule has 0 aliphatic heterocycles. The summed E-state index contributed by atoms with van der Waals surface area (Å²) in [4.78, 5) is 11.8. The number of aromatic nitrogens is 3. The minimum absolute atomic E-state index is 0.142. The maximum Gasteiger partial charge on any atom is 0.321 e. The third-order valence-electron chi connectivity index (χ3n) is 1.51. The first-order chi connectivity index (χ1) is 7.15. The lowest BCUT2D eigenvalue weighted by Gasteiger charge is -2.06. The first-order valence-corrected chi connectivity index (χ1v) is 6.19. The van der Waals surface area contributed by atoms with Crippen molar-refractivity contribution in [3.63, 3.8) is 0 Å². The van der Waals surface area contributed by atoms with Gasteiger partial charge in [-0.3, -0.25) is 0 Å². The van der Waals surface area contributed by atoms with Gasteiger partial charge in [0.1, 0.15) is 0 Å².